The summed E-state index contributed by atoms with van der Waals surface area (Å²) in [4.78, 5) is 22.7. The van der Waals surface area contributed by atoms with Crippen LogP contribution in [0.15, 0.2) is 12.1 Å². The summed E-state index contributed by atoms with van der Waals surface area (Å²) in [5, 5.41) is 17.2. The number of carbonyl (C=O) groups is 2. The van der Waals surface area contributed by atoms with Crippen molar-refractivity contribution in [1.29, 1.82) is 0 Å². The molecule has 0 heterocycles. The molecule has 0 aromatic heterocycles. The number of benzene rings is 1. The van der Waals surface area contributed by atoms with E-state index in [1.54, 1.807) is 0 Å². The minimum atomic E-state index is -0.818. The zero-order chi connectivity index (χ0) is 13.7. The summed E-state index contributed by atoms with van der Waals surface area (Å²) in [5.41, 5.74) is 2.85. The van der Waals surface area contributed by atoms with E-state index >= 15 is 0 Å². The first-order chi connectivity index (χ1) is 8.58. The molecule has 18 heavy (non-hydrogen) atoms. The van der Waals surface area contributed by atoms with Crippen LogP contribution in [0.5, 0.6) is 11.5 Å². The lowest BCUT2D eigenvalue weighted by Crippen LogP contribution is -2.22. The van der Waals surface area contributed by atoms with Crippen molar-refractivity contribution in [3.05, 3.63) is 23.3 Å². The summed E-state index contributed by atoms with van der Waals surface area (Å²) in [5.74, 6) is -1.55. The molecular formula is C10H12N2O6. The summed E-state index contributed by atoms with van der Waals surface area (Å²) in [7, 11) is 2.58. The van der Waals surface area contributed by atoms with E-state index in [9.17, 15) is 9.59 Å². The Kier molecular flexibility index (Phi) is 4.46. The summed E-state index contributed by atoms with van der Waals surface area (Å²) in [6.45, 7) is 0. The number of hydroxylamine groups is 2. The third-order valence-electron chi connectivity index (χ3n) is 2.21. The number of nitrogens with one attached hydrogen (secondary N) is 2. The Morgan fingerprint density at radius 2 is 1.28 bits per heavy atom. The van der Waals surface area contributed by atoms with Gasteiger partial charge in [0.15, 0.2) is 0 Å². The quantitative estimate of drug-likeness (QED) is 0.443. The molecule has 0 aliphatic rings. The molecule has 0 saturated heterocycles. The van der Waals surface area contributed by atoms with Gasteiger partial charge < -0.3 is 9.47 Å². The zero-order valence-electron chi connectivity index (χ0n) is 9.68. The maximum absolute atomic E-state index is 11.4. The van der Waals surface area contributed by atoms with Gasteiger partial charge in [-0.1, -0.05) is 0 Å². The highest BCUT2D eigenvalue weighted by Crippen LogP contribution is 2.28. The lowest BCUT2D eigenvalue weighted by Gasteiger charge is -2.12. The first kappa shape index (κ1) is 13.7. The molecule has 1 rings (SSSR count). The SMILES string of the molecule is COc1cc(C(=O)NO)c(OC)cc1C(=O)NO. The number of carbonyl (C=O) groups excluding carboxylic acids is 2. The van der Waals surface area contributed by atoms with Gasteiger partial charge >= 0.3 is 0 Å². The Morgan fingerprint density at radius 1 is 0.944 bits per heavy atom. The van der Waals surface area contributed by atoms with Gasteiger partial charge in [0, 0.05) is 0 Å². The zero-order valence-corrected chi connectivity index (χ0v) is 9.68. The van der Waals surface area contributed by atoms with Gasteiger partial charge in [0.05, 0.1) is 25.3 Å². The van der Waals surface area contributed by atoms with Gasteiger partial charge in [0.2, 0.25) is 0 Å². The summed E-state index contributed by atoms with van der Waals surface area (Å²) in [6.07, 6.45) is 0. The highest BCUT2D eigenvalue weighted by molar-refractivity contribution is 6.01. The molecular weight excluding hydrogens is 244 g/mol. The van der Waals surface area contributed by atoms with Crippen LogP contribution in [0.25, 0.3) is 0 Å². The predicted octanol–water partition coefficient (Wildman–Crippen LogP) is -0.0582. The smallest absolute Gasteiger partial charge is 0.278 e. The molecule has 0 spiro atoms. The summed E-state index contributed by atoms with van der Waals surface area (Å²) < 4.78 is 9.83. The molecule has 1 aromatic carbocycles. The van der Waals surface area contributed by atoms with Crippen molar-refractivity contribution in [1.82, 2.24) is 11.0 Å². The third kappa shape index (κ3) is 2.50. The van der Waals surface area contributed by atoms with Gasteiger partial charge in [-0.2, -0.15) is 0 Å². The molecule has 0 radical (unpaired) electrons. The van der Waals surface area contributed by atoms with Crippen molar-refractivity contribution in [2.45, 2.75) is 0 Å². The molecule has 0 fully saturated rings. The Morgan fingerprint density at radius 3 is 1.50 bits per heavy atom. The Balaban J connectivity index is 3.41. The Labute approximate surface area is 102 Å². The second kappa shape index (κ2) is 5.84. The lowest BCUT2D eigenvalue weighted by molar-refractivity contribution is 0.0692. The van der Waals surface area contributed by atoms with Crippen LogP contribution in [-0.2, 0) is 0 Å². The van der Waals surface area contributed by atoms with Gasteiger partial charge in [-0.3, -0.25) is 20.0 Å². The van der Waals surface area contributed by atoms with E-state index in [4.69, 9.17) is 19.9 Å². The molecule has 0 atom stereocenters. The van der Waals surface area contributed by atoms with Crippen molar-refractivity contribution < 1.29 is 29.5 Å². The topological polar surface area (TPSA) is 117 Å². The molecule has 0 unspecified atom stereocenters. The van der Waals surface area contributed by atoms with Crippen molar-refractivity contribution in [3.8, 4) is 11.5 Å². The average molecular weight is 256 g/mol. The second-order valence-corrected chi connectivity index (χ2v) is 3.13. The minimum Gasteiger partial charge on any atom is -0.496 e. The number of amides is 2. The van der Waals surface area contributed by atoms with Gasteiger partial charge in [-0.25, -0.2) is 11.0 Å². The van der Waals surface area contributed by atoms with Crippen molar-refractivity contribution in [2.24, 2.45) is 0 Å². The van der Waals surface area contributed by atoms with Crippen LogP contribution >= 0.6 is 0 Å². The maximum atomic E-state index is 11.4. The molecule has 0 aliphatic carbocycles. The molecule has 1 aromatic rings. The number of hydrogen-bond donors (Lipinski definition) is 4. The van der Waals surface area contributed by atoms with Crippen molar-refractivity contribution in [3.63, 3.8) is 0 Å². The van der Waals surface area contributed by atoms with Crippen LogP contribution in [0, 0.1) is 0 Å². The van der Waals surface area contributed by atoms with E-state index in [2.05, 4.69) is 0 Å². The molecule has 0 saturated carbocycles. The van der Waals surface area contributed by atoms with Gasteiger partial charge in [0.25, 0.3) is 11.8 Å². The highest BCUT2D eigenvalue weighted by atomic mass is 16.5. The van der Waals surface area contributed by atoms with Gasteiger partial charge in [0.1, 0.15) is 11.5 Å². The van der Waals surface area contributed by atoms with E-state index in [0.717, 1.165) is 0 Å². The van der Waals surface area contributed by atoms with Crippen LogP contribution in [0.4, 0.5) is 0 Å². The Bertz CT molecular complexity index is 430. The van der Waals surface area contributed by atoms with Gasteiger partial charge in [-0.15, -0.1) is 0 Å². The van der Waals surface area contributed by atoms with Crippen molar-refractivity contribution >= 4 is 11.8 Å². The lowest BCUT2D eigenvalue weighted by atomic mass is 10.1. The van der Waals surface area contributed by atoms with E-state index in [1.165, 1.54) is 37.3 Å². The number of methoxy groups -OCH3 is 2. The van der Waals surface area contributed by atoms with Crippen LogP contribution < -0.4 is 20.4 Å². The van der Waals surface area contributed by atoms with E-state index < -0.39 is 11.8 Å². The van der Waals surface area contributed by atoms with Gasteiger partial charge in [-0.05, 0) is 12.1 Å². The summed E-state index contributed by atoms with van der Waals surface area (Å²) in [6, 6.07) is 2.41. The van der Waals surface area contributed by atoms with Crippen LogP contribution in [0.1, 0.15) is 20.7 Å². The fourth-order valence-electron chi connectivity index (χ4n) is 1.37. The van der Waals surface area contributed by atoms with E-state index in [1.807, 2.05) is 0 Å². The normalized spacial score (nSPS) is 9.56. The molecule has 4 N–H and O–H groups in total. The molecule has 2 amide bonds. The third-order valence-corrected chi connectivity index (χ3v) is 2.21. The maximum Gasteiger partial charge on any atom is 0.278 e. The minimum absolute atomic E-state index is 0.0219. The Hall–Kier alpha value is -2.32. The monoisotopic (exact) mass is 256 g/mol. The van der Waals surface area contributed by atoms with Crippen LogP contribution in [0.3, 0.4) is 0 Å². The van der Waals surface area contributed by atoms with Crippen molar-refractivity contribution in [2.75, 3.05) is 14.2 Å². The van der Waals surface area contributed by atoms with Crippen LogP contribution in [-0.4, -0.2) is 36.4 Å². The number of hydrogen-bond acceptors (Lipinski definition) is 6. The molecule has 8 nitrogen and oxygen atoms in total. The molecule has 0 bridgehead atoms. The average Bonchev–Trinajstić information content (AvgIpc) is 2.43. The number of ether oxygens (including phenoxy) is 2. The number of rotatable bonds is 4. The molecule has 0 aliphatic heterocycles. The first-order valence-electron chi connectivity index (χ1n) is 4.73. The fraction of sp³-hybridized carbons (Fsp3) is 0.200. The summed E-state index contributed by atoms with van der Waals surface area (Å²) >= 11 is 0. The van der Waals surface area contributed by atoms with Crippen LogP contribution in [0.2, 0.25) is 0 Å². The van der Waals surface area contributed by atoms with E-state index in [0.29, 0.717) is 0 Å². The molecule has 8 heteroatoms. The standard InChI is InChI=1S/C10H12N2O6/c1-17-7-3-6(10(14)12-16)8(18-2)4-5(7)9(13)11-15/h3-4,15-16H,1-2H3,(H,11,13)(H,12,14). The fourth-order valence-corrected chi connectivity index (χ4v) is 1.37. The first-order valence-corrected chi connectivity index (χ1v) is 4.73. The predicted molar refractivity (Wildman–Crippen MR) is 58.1 cm³/mol. The van der Waals surface area contributed by atoms with E-state index in [-0.39, 0.29) is 22.6 Å². The largest absolute Gasteiger partial charge is 0.496 e. The highest BCUT2D eigenvalue weighted by Gasteiger charge is 2.20. The molecule has 98 valence electrons. The second-order valence-electron chi connectivity index (χ2n) is 3.13.